The minimum absolute atomic E-state index is 0.511. The molecule has 226 valence electrons. The van der Waals surface area contributed by atoms with Crippen LogP contribution in [0, 0.1) is 0 Å². The third-order valence-corrected chi connectivity index (χ3v) is 9.39. The van der Waals surface area contributed by atoms with Crippen molar-refractivity contribution < 1.29 is 0 Å². The molecule has 0 nitrogen and oxygen atoms in total. The van der Waals surface area contributed by atoms with Crippen LogP contribution in [0.3, 0.4) is 0 Å². The zero-order valence-corrected chi connectivity index (χ0v) is 28.8. The monoisotopic (exact) mass is 564 g/mol. The Morgan fingerprint density at radius 3 is 1.10 bits per heavy atom. The van der Waals surface area contributed by atoms with Gasteiger partial charge in [-0.2, -0.15) is 0 Å². The summed E-state index contributed by atoms with van der Waals surface area (Å²) in [6.07, 6.45) is 25.4. The largest absolute Gasteiger partial charge is 0.138 e. The molecular formula is C39H65P. The molecule has 0 radical (unpaired) electrons. The summed E-state index contributed by atoms with van der Waals surface area (Å²) in [6.45, 7) is 14.1. The van der Waals surface area contributed by atoms with Crippen molar-refractivity contribution in [2.45, 2.75) is 169 Å². The molecule has 0 saturated carbocycles. The van der Waals surface area contributed by atoms with Gasteiger partial charge in [0.05, 0.1) is 0 Å². The molecule has 0 amide bonds. The van der Waals surface area contributed by atoms with Crippen LogP contribution in [0.1, 0.15) is 175 Å². The van der Waals surface area contributed by atoms with Gasteiger partial charge in [0.2, 0.25) is 0 Å². The maximum absolute atomic E-state index is 3.08. The molecule has 0 fully saturated rings. The van der Waals surface area contributed by atoms with Gasteiger partial charge in [-0.15, -0.1) is 9.24 Å². The van der Waals surface area contributed by atoms with Crippen molar-refractivity contribution in [3.05, 3.63) is 68.8 Å². The molecule has 0 saturated heterocycles. The lowest BCUT2D eigenvalue weighted by atomic mass is 9.76. The summed E-state index contributed by atoms with van der Waals surface area (Å²) >= 11 is 0. The van der Waals surface area contributed by atoms with Crippen LogP contribution in [0.2, 0.25) is 0 Å². The molecule has 40 heavy (non-hydrogen) atoms. The maximum atomic E-state index is 3.08. The minimum atomic E-state index is 0.511. The van der Waals surface area contributed by atoms with Crippen molar-refractivity contribution in [2.24, 2.45) is 0 Å². The number of hydrogen-bond acceptors (Lipinski definition) is 0. The lowest BCUT2D eigenvalue weighted by molar-refractivity contribution is 0.691. The summed E-state index contributed by atoms with van der Waals surface area (Å²) < 4.78 is 0. The highest BCUT2D eigenvalue weighted by molar-refractivity contribution is 7.16. The average Bonchev–Trinajstić information content (AvgIpc) is 2.97. The SMILES string of the molecule is CCCCc1ccc(C(CCP)c2ccc(CCCC)c(CCCC)c2CCCC)c(CCCC)c1CCCC. The van der Waals surface area contributed by atoms with E-state index in [0.717, 1.165) is 6.16 Å². The Morgan fingerprint density at radius 1 is 0.450 bits per heavy atom. The average molecular weight is 565 g/mol. The summed E-state index contributed by atoms with van der Waals surface area (Å²) in [7, 11) is 3.08. The molecule has 2 aromatic carbocycles. The van der Waals surface area contributed by atoms with E-state index in [-0.39, 0.29) is 0 Å². The first kappa shape index (κ1) is 35.1. The highest BCUT2D eigenvalue weighted by Crippen LogP contribution is 2.39. The van der Waals surface area contributed by atoms with E-state index < -0.39 is 0 Å². The molecule has 0 heterocycles. The fourth-order valence-electron chi connectivity index (χ4n) is 6.65. The first-order valence-corrected chi connectivity index (χ1v) is 18.4. The van der Waals surface area contributed by atoms with Crippen molar-refractivity contribution >= 4 is 9.24 Å². The lowest BCUT2D eigenvalue weighted by Crippen LogP contribution is -2.15. The van der Waals surface area contributed by atoms with Crippen LogP contribution in [-0.4, -0.2) is 6.16 Å². The van der Waals surface area contributed by atoms with Crippen molar-refractivity contribution in [1.29, 1.82) is 0 Å². The molecule has 2 aromatic rings. The number of benzene rings is 2. The molecule has 1 atom stereocenters. The Bertz CT molecular complexity index is 880. The van der Waals surface area contributed by atoms with Gasteiger partial charge in [-0.05, 0) is 134 Å². The predicted octanol–water partition coefficient (Wildman–Crippen LogP) is 12.1. The van der Waals surface area contributed by atoms with E-state index in [2.05, 4.69) is 75.0 Å². The fraction of sp³-hybridized carbons (Fsp3) is 0.692. The molecule has 0 aromatic heterocycles. The number of rotatable bonds is 22. The van der Waals surface area contributed by atoms with Crippen LogP contribution >= 0.6 is 9.24 Å². The predicted molar refractivity (Wildman–Crippen MR) is 186 cm³/mol. The van der Waals surface area contributed by atoms with E-state index in [9.17, 15) is 0 Å². The summed E-state index contributed by atoms with van der Waals surface area (Å²) in [6, 6.07) is 10.3. The Labute approximate surface area is 253 Å². The zero-order chi connectivity index (χ0) is 29.2. The van der Waals surface area contributed by atoms with Gasteiger partial charge < -0.3 is 0 Å². The lowest BCUT2D eigenvalue weighted by Gasteiger charge is -2.29. The third-order valence-electron chi connectivity index (χ3n) is 9.06. The second kappa shape index (κ2) is 20.7. The Balaban J connectivity index is 2.80. The smallest absolute Gasteiger partial charge is 0.00981 e. The highest BCUT2D eigenvalue weighted by atomic mass is 31.0. The first-order valence-electron chi connectivity index (χ1n) is 17.6. The van der Waals surface area contributed by atoms with Gasteiger partial charge in [-0.3, -0.25) is 0 Å². The van der Waals surface area contributed by atoms with Crippen molar-refractivity contribution in [3.8, 4) is 0 Å². The molecule has 0 spiro atoms. The number of unbranched alkanes of at least 4 members (excludes halogenated alkanes) is 6. The second-order valence-electron chi connectivity index (χ2n) is 12.3. The normalized spacial score (nSPS) is 11.6. The van der Waals surface area contributed by atoms with Gasteiger partial charge in [0.15, 0.2) is 0 Å². The van der Waals surface area contributed by atoms with E-state index in [4.69, 9.17) is 0 Å². The molecule has 1 heteroatoms. The Kier molecular flexibility index (Phi) is 18.1. The van der Waals surface area contributed by atoms with Crippen molar-refractivity contribution in [3.63, 3.8) is 0 Å². The minimum Gasteiger partial charge on any atom is -0.138 e. The van der Waals surface area contributed by atoms with Crippen LogP contribution in [0.25, 0.3) is 0 Å². The standard InChI is InChI=1S/C39H65P/c1-7-13-19-31-25-27-37(35(23-17-11-5)33(31)21-15-9-3)39(29-30-40)38-28-26-32(20-14-8-2)34(22-16-10-4)36(38)24-18-12-6/h25-28,39H,7-24,29-30,40H2,1-6H3. The molecule has 0 bridgehead atoms. The van der Waals surface area contributed by atoms with Gasteiger partial charge in [-0.25, -0.2) is 0 Å². The quantitative estimate of drug-likeness (QED) is 0.125. The van der Waals surface area contributed by atoms with Crippen molar-refractivity contribution in [2.75, 3.05) is 6.16 Å². The summed E-state index contributed by atoms with van der Waals surface area (Å²) in [4.78, 5) is 0. The summed E-state index contributed by atoms with van der Waals surface area (Å²) in [5, 5.41) is 0. The fourth-order valence-corrected chi connectivity index (χ4v) is 6.98. The van der Waals surface area contributed by atoms with Crippen LogP contribution in [0.15, 0.2) is 24.3 Å². The number of hydrogen-bond donors (Lipinski definition) is 0. The van der Waals surface area contributed by atoms with E-state index in [0.29, 0.717) is 5.92 Å². The molecular weight excluding hydrogens is 499 g/mol. The van der Waals surface area contributed by atoms with Gasteiger partial charge in [0.1, 0.15) is 0 Å². The molecule has 2 rings (SSSR count). The van der Waals surface area contributed by atoms with Gasteiger partial charge >= 0.3 is 0 Å². The second-order valence-corrected chi connectivity index (χ2v) is 12.9. The summed E-state index contributed by atoms with van der Waals surface area (Å²) in [5.74, 6) is 0.511. The highest BCUT2D eigenvalue weighted by Gasteiger charge is 2.25. The Hall–Kier alpha value is -1.13. The van der Waals surface area contributed by atoms with Crippen molar-refractivity contribution in [1.82, 2.24) is 0 Å². The van der Waals surface area contributed by atoms with Gasteiger partial charge in [0, 0.05) is 5.92 Å². The molecule has 0 N–H and O–H groups in total. The molecule has 1 unspecified atom stereocenters. The summed E-state index contributed by atoms with van der Waals surface area (Å²) in [5.41, 5.74) is 13.6. The maximum Gasteiger partial charge on any atom is 0.00981 e. The number of aryl methyl sites for hydroxylation is 2. The van der Waals surface area contributed by atoms with Crippen LogP contribution in [-0.2, 0) is 38.5 Å². The molecule has 0 aliphatic heterocycles. The van der Waals surface area contributed by atoms with E-state index in [1.54, 1.807) is 44.5 Å². The van der Waals surface area contributed by atoms with E-state index >= 15 is 0 Å². The Morgan fingerprint density at radius 2 is 0.775 bits per heavy atom. The van der Waals surface area contributed by atoms with E-state index in [1.807, 2.05) is 0 Å². The first-order chi connectivity index (χ1) is 19.6. The topological polar surface area (TPSA) is 0 Å². The van der Waals surface area contributed by atoms with Crippen LogP contribution in [0.4, 0.5) is 0 Å². The third kappa shape index (κ3) is 10.3. The van der Waals surface area contributed by atoms with Gasteiger partial charge in [0.25, 0.3) is 0 Å². The van der Waals surface area contributed by atoms with Crippen LogP contribution < -0.4 is 0 Å². The van der Waals surface area contributed by atoms with Crippen LogP contribution in [0.5, 0.6) is 0 Å². The zero-order valence-electron chi connectivity index (χ0n) is 27.6. The van der Waals surface area contributed by atoms with Gasteiger partial charge in [-0.1, -0.05) is 104 Å². The molecule has 0 aliphatic rings. The van der Waals surface area contributed by atoms with E-state index in [1.165, 1.54) is 122 Å². The molecule has 0 aliphatic carbocycles.